The minimum atomic E-state index is -0.141. The number of benzene rings is 2. The van der Waals surface area contributed by atoms with Crippen LogP contribution < -0.4 is 5.32 Å². The van der Waals surface area contributed by atoms with Gasteiger partial charge in [0.15, 0.2) is 5.82 Å². The van der Waals surface area contributed by atoms with Gasteiger partial charge in [0, 0.05) is 4.90 Å². The summed E-state index contributed by atoms with van der Waals surface area (Å²) in [7, 11) is 0. The van der Waals surface area contributed by atoms with Gasteiger partial charge in [-0.2, -0.15) is 4.68 Å². The van der Waals surface area contributed by atoms with E-state index in [1.54, 1.807) is 22.5 Å². The summed E-state index contributed by atoms with van der Waals surface area (Å²) >= 11 is 1.54. The summed E-state index contributed by atoms with van der Waals surface area (Å²) in [5.74, 6) is 0.434. The summed E-state index contributed by atoms with van der Waals surface area (Å²) in [4.78, 5) is 13.3. The molecule has 7 heteroatoms. The van der Waals surface area contributed by atoms with Gasteiger partial charge in [-0.3, -0.25) is 4.79 Å². The highest BCUT2D eigenvalue weighted by Gasteiger charge is 2.13. The van der Waals surface area contributed by atoms with Gasteiger partial charge in [0.1, 0.15) is 0 Å². The van der Waals surface area contributed by atoms with E-state index in [1.165, 1.54) is 0 Å². The Kier molecular flexibility index (Phi) is 4.68. The average Bonchev–Trinajstić information content (AvgIpc) is 3.09. The van der Waals surface area contributed by atoms with E-state index in [0.717, 1.165) is 10.6 Å². The lowest BCUT2D eigenvalue weighted by atomic mass is 10.2. The van der Waals surface area contributed by atoms with Gasteiger partial charge in [-0.15, -0.1) is 16.9 Å². The average molecular weight is 325 g/mol. The van der Waals surface area contributed by atoms with Crippen molar-refractivity contribution >= 4 is 17.7 Å². The maximum atomic E-state index is 12.4. The first-order valence-corrected chi connectivity index (χ1v) is 8.26. The van der Waals surface area contributed by atoms with E-state index in [-0.39, 0.29) is 12.5 Å². The number of hydrogen-bond donors (Lipinski definition) is 1. The predicted octanol–water partition coefficient (Wildman–Crippen LogP) is 2.31. The number of thioether (sulfide) groups is 1. The molecule has 0 aliphatic rings. The van der Waals surface area contributed by atoms with Crippen molar-refractivity contribution in [3.63, 3.8) is 0 Å². The van der Waals surface area contributed by atoms with Gasteiger partial charge < -0.3 is 5.32 Å². The molecule has 2 aromatic carbocycles. The normalized spacial score (nSPS) is 10.5. The lowest BCUT2D eigenvalue weighted by Crippen LogP contribution is -2.25. The molecule has 1 heterocycles. The summed E-state index contributed by atoms with van der Waals surface area (Å²) in [6.07, 6.45) is 1.95. The smallest absolute Gasteiger partial charge is 0.252 e. The van der Waals surface area contributed by atoms with Crippen molar-refractivity contribution in [1.29, 1.82) is 0 Å². The van der Waals surface area contributed by atoms with Crippen LogP contribution in [0.5, 0.6) is 0 Å². The molecule has 23 heavy (non-hydrogen) atoms. The Morgan fingerprint density at radius 1 is 1.13 bits per heavy atom. The van der Waals surface area contributed by atoms with Crippen molar-refractivity contribution in [2.45, 2.75) is 11.4 Å². The number of carbonyl (C=O) groups excluding carboxylic acids is 1. The number of hydrogen-bond acceptors (Lipinski definition) is 5. The number of carbonyl (C=O) groups is 1. The number of rotatable bonds is 5. The van der Waals surface area contributed by atoms with Crippen molar-refractivity contribution in [1.82, 2.24) is 25.5 Å². The molecule has 1 N–H and O–H groups in total. The molecule has 0 atom stereocenters. The van der Waals surface area contributed by atoms with Gasteiger partial charge in [-0.1, -0.05) is 30.3 Å². The molecule has 0 saturated heterocycles. The molecule has 0 saturated carbocycles. The molecular formula is C16H15N5OS. The minimum Gasteiger partial charge on any atom is -0.345 e. The van der Waals surface area contributed by atoms with Crippen LogP contribution in [0.1, 0.15) is 16.2 Å². The summed E-state index contributed by atoms with van der Waals surface area (Å²) in [6, 6.07) is 17.1. The quantitative estimate of drug-likeness (QED) is 0.729. The maximum Gasteiger partial charge on any atom is 0.252 e. The van der Waals surface area contributed by atoms with Gasteiger partial charge in [0.2, 0.25) is 0 Å². The summed E-state index contributed by atoms with van der Waals surface area (Å²) in [6.45, 7) is 0.253. The third-order valence-corrected chi connectivity index (χ3v) is 4.09. The second-order valence-corrected chi connectivity index (χ2v) is 5.57. The fourth-order valence-corrected chi connectivity index (χ4v) is 2.77. The van der Waals surface area contributed by atoms with E-state index in [9.17, 15) is 4.79 Å². The lowest BCUT2D eigenvalue weighted by Gasteiger charge is -2.08. The summed E-state index contributed by atoms with van der Waals surface area (Å²) < 4.78 is 1.61. The Morgan fingerprint density at radius 2 is 1.87 bits per heavy atom. The first kappa shape index (κ1) is 15.2. The van der Waals surface area contributed by atoms with Crippen molar-refractivity contribution < 1.29 is 4.79 Å². The number of para-hydroxylation sites is 1. The number of nitrogens with one attached hydrogen (secondary N) is 1. The molecule has 3 aromatic rings. The first-order valence-electron chi connectivity index (χ1n) is 7.03. The third kappa shape index (κ3) is 3.40. The zero-order valence-electron chi connectivity index (χ0n) is 12.5. The fraction of sp³-hybridized carbons (Fsp3) is 0.125. The molecule has 0 aliphatic heterocycles. The van der Waals surface area contributed by atoms with Gasteiger partial charge in [-0.25, -0.2) is 0 Å². The molecule has 0 fully saturated rings. The Bertz CT molecular complexity index is 803. The topological polar surface area (TPSA) is 72.7 Å². The van der Waals surface area contributed by atoms with Crippen LogP contribution in [0.25, 0.3) is 5.69 Å². The van der Waals surface area contributed by atoms with Gasteiger partial charge in [-0.05, 0) is 40.9 Å². The highest BCUT2D eigenvalue weighted by molar-refractivity contribution is 7.98. The van der Waals surface area contributed by atoms with E-state index >= 15 is 0 Å². The van der Waals surface area contributed by atoms with Crippen LogP contribution in [0.4, 0.5) is 0 Å². The van der Waals surface area contributed by atoms with E-state index < -0.39 is 0 Å². The SMILES string of the molecule is CSc1ccccc1C(=O)NCc1nnnn1-c1ccccc1. The van der Waals surface area contributed by atoms with Crippen molar-refractivity contribution in [3.05, 3.63) is 66.0 Å². The van der Waals surface area contributed by atoms with Crippen molar-refractivity contribution in [2.75, 3.05) is 6.26 Å². The molecule has 0 bridgehead atoms. The Morgan fingerprint density at radius 3 is 2.65 bits per heavy atom. The maximum absolute atomic E-state index is 12.4. The van der Waals surface area contributed by atoms with Crippen LogP contribution in [0.15, 0.2) is 59.5 Å². The van der Waals surface area contributed by atoms with Gasteiger partial charge >= 0.3 is 0 Å². The molecule has 1 aromatic heterocycles. The Hall–Kier alpha value is -2.67. The molecule has 3 rings (SSSR count). The van der Waals surface area contributed by atoms with Crippen LogP contribution >= 0.6 is 11.8 Å². The first-order chi connectivity index (χ1) is 11.3. The second kappa shape index (κ2) is 7.06. The minimum absolute atomic E-state index is 0.141. The largest absolute Gasteiger partial charge is 0.345 e. The van der Waals surface area contributed by atoms with E-state index in [2.05, 4.69) is 20.8 Å². The van der Waals surface area contributed by atoms with Gasteiger partial charge in [0.25, 0.3) is 5.91 Å². The monoisotopic (exact) mass is 325 g/mol. The number of tetrazole rings is 1. The zero-order valence-corrected chi connectivity index (χ0v) is 13.3. The Balaban J connectivity index is 1.75. The van der Waals surface area contributed by atoms with Gasteiger partial charge in [0.05, 0.1) is 17.8 Å². The molecule has 1 amide bonds. The molecular weight excluding hydrogens is 310 g/mol. The van der Waals surface area contributed by atoms with E-state index in [1.807, 2.05) is 54.8 Å². The molecule has 6 nitrogen and oxygen atoms in total. The van der Waals surface area contributed by atoms with Crippen LogP contribution in [-0.4, -0.2) is 32.4 Å². The Labute approximate surface area is 137 Å². The number of amides is 1. The molecule has 0 aliphatic carbocycles. The standard InChI is InChI=1S/C16H15N5OS/c1-23-14-10-6-5-9-13(14)16(22)17-11-15-18-19-20-21(15)12-7-3-2-4-8-12/h2-10H,11H2,1H3,(H,17,22). The van der Waals surface area contributed by atoms with Crippen molar-refractivity contribution in [3.8, 4) is 5.69 Å². The van der Waals surface area contributed by atoms with Crippen LogP contribution in [-0.2, 0) is 6.54 Å². The van der Waals surface area contributed by atoms with Crippen LogP contribution in [0, 0.1) is 0 Å². The fourth-order valence-electron chi connectivity index (χ4n) is 2.17. The van der Waals surface area contributed by atoms with E-state index in [0.29, 0.717) is 11.4 Å². The van der Waals surface area contributed by atoms with Crippen molar-refractivity contribution in [2.24, 2.45) is 0 Å². The molecule has 116 valence electrons. The number of nitrogens with zero attached hydrogens (tertiary/aromatic N) is 4. The predicted molar refractivity (Wildman–Crippen MR) is 88.5 cm³/mol. The highest BCUT2D eigenvalue weighted by Crippen LogP contribution is 2.19. The zero-order chi connectivity index (χ0) is 16.1. The van der Waals surface area contributed by atoms with Crippen LogP contribution in [0.2, 0.25) is 0 Å². The second-order valence-electron chi connectivity index (χ2n) is 4.73. The lowest BCUT2D eigenvalue weighted by molar-refractivity contribution is 0.0946. The van der Waals surface area contributed by atoms with E-state index in [4.69, 9.17) is 0 Å². The van der Waals surface area contributed by atoms with Crippen LogP contribution in [0.3, 0.4) is 0 Å². The molecule has 0 unspecified atom stereocenters. The summed E-state index contributed by atoms with van der Waals surface area (Å²) in [5, 5.41) is 14.5. The number of aromatic nitrogens is 4. The molecule has 0 spiro atoms. The molecule has 0 radical (unpaired) electrons. The highest BCUT2D eigenvalue weighted by atomic mass is 32.2. The third-order valence-electron chi connectivity index (χ3n) is 3.29. The summed E-state index contributed by atoms with van der Waals surface area (Å²) in [5.41, 5.74) is 1.50.